The van der Waals surface area contributed by atoms with Crippen molar-refractivity contribution in [3.05, 3.63) is 64.2 Å². The van der Waals surface area contributed by atoms with Crippen molar-refractivity contribution in [2.75, 3.05) is 13.2 Å². The van der Waals surface area contributed by atoms with E-state index in [1.807, 2.05) is 6.92 Å². The Morgan fingerprint density at radius 2 is 1.94 bits per heavy atom. The van der Waals surface area contributed by atoms with Crippen molar-refractivity contribution in [3.63, 3.8) is 0 Å². The lowest BCUT2D eigenvalue weighted by Gasteiger charge is -2.15. The minimum absolute atomic E-state index is 0.0380. The highest BCUT2D eigenvalue weighted by molar-refractivity contribution is 6.30. The van der Waals surface area contributed by atoms with Gasteiger partial charge in [-0.15, -0.1) is 0 Å². The van der Waals surface area contributed by atoms with Crippen LogP contribution in [0.15, 0.2) is 42.5 Å². The first kappa shape index (κ1) is 23.1. The Morgan fingerprint density at radius 1 is 1.16 bits per heavy atom. The molecule has 3 N–H and O–H groups in total. The van der Waals surface area contributed by atoms with Crippen molar-refractivity contribution in [1.29, 1.82) is 0 Å². The summed E-state index contributed by atoms with van der Waals surface area (Å²) in [5.74, 6) is -0.588. The van der Waals surface area contributed by atoms with Crippen LogP contribution in [0.4, 0.5) is 4.79 Å². The summed E-state index contributed by atoms with van der Waals surface area (Å²) in [6, 6.07) is 11.3. The van der Waals surface area contributed by atoms with Gasteiger partial charge in [0.2, 0.25) is 11.8 Å². The lowest BCUT2D eigenvalue weighted by Crippen LogP contribution is -2.42. The second kappa shape index (κ2) is 10.6. The number of nitrogens with zero attached hydrogens (tertiary/aromatic N) is 1. The van der Waals surface area contributed by atoms with Crippen LogP contribution in [0.2, 0.25) is 5.02 Å². The lowest BCUT2D eigenvalue weighted by molar-refractivity contribution is -0.125. The normalized spacial score (nSPS) is 13.0. The number of aryl methyl sites for hydroxylation is 1. The summed E-state index contributed by atoms with van der Waals surface area (Å²) >= 11 is 5.91. The monoisotopic (exact) mass is 458 g/mol. The van der Waals surface area contributed by atoms with E-state index in [0.717, 1.165) is 10.5 Å². The van der Waals surface area contributed by atoms with Crippen LogP contribution in [0.25, 0.3) is 0 Å². The van der Waals surface area contributed by atoms with Gasteiger partial charge in [0, 0.05) is 17.0 Å². The minimum Gasteiger partial charge on any atom is -0.493 e. The first-order valence-corrected chi connectivity index (χ1v) is 10.4. The standard InChI is InChI=1S/C22H23ClN4O5/c1-14-11-16(23)8-9-18(14)32-10-4-7-19(28)25-26-21(30)17-6-3-2-5-15(17)13-27-20(29)12-24-22(27)31/h2-3,5-6,8-9,11H,4,7,10,12-13H2,1H3,(H,24,31)(H,25,28)(H,26,30). The van der Waals surface area contributed by atoms with E-state index in [4.69, 9.17) is 16.3 Å². The molecule has 0 saturated carbocycles. The summed E-state index contributed by atoms with van der Waals surface area (Å²) in [7, 11) is 0. The number of urea groups is 1. The van der Waals surface area contributed by atoms with Gasteiger partial charge in [0.15, 0.2) is 0 Å². The third-order valence-corrected chi connectivity index (χ3v) is 5.02. The van der Waals surface area contributed by atoms with Gasteiger partial charge >= 0.3 is 6.03 Å². The molecule has 2 aromatic carbocycles. The van der Waals surface area contributed by atoms with E-state index in [1.165, 1.54) is 0 Å². The molecule has 0 aromatic heterocycles. The second-order valence-electron chi connectivity index (χ2n) is 7.16. The van der Waals surface area contributed by atoms with Gasteiger partial charge in [-0.3, -0.25) is 30.1 Å². The second-order valence-corrected chi connectivity index (χ2v) is 7.60. The molecule has 10 heteroatoms. The third-order valence-electron chi connectivity index (χ3n) is 4.79. The molecule has 1 aliphatic rings. The van der Waals surface area contributed by atoms with Crippen LogP contribution in [0.1, 0.15) is 34.3 Å². The predicted octanol–water partition coefficient (Wildman–Crippen LogP) is 2.32. The number of imide groups is 1. The SMILES string of the molecule is Cc1cc(Cl)ccc1OCCCC(=O)NNC(=O)c1ccccc1CN1C(=O)CNC1=O. The molecular weight excluding hydrogens is 436 g/mol. The first-order chi connectivity index (χ1) is 15.3. The molecule has 1 aliphatic heterocycles. The number of carbonyl (C=O) groups is 4. The molecule has 1 heterocycles. The molecule has 3 rings (SSSR count). The highest BCUT2D eigenvalue weighted by atomic mass is 35.5. The molecule has 2 aromatic rings. The maximum Gasteiger partial charge on any atom is 0.324 e. The van der Waals surface area contributed by atoms with Crippen LogP contribution >= 0.6 is 11.6 Å². The van der Waals surface area contributed by atoms with E-state index < -0.39 is 11.9 Å². The molecule has 32 heavy (non-hydrogen) atoms. The average Bonchev–Trinajstić information content (AvgIpc) is 3.08. The van der Waals surface area contributed by atoms with E-state index in [0.29, 0.717) is 29.4 Å². The largest absolute Gasteiger partial charge is 0.493 e. The highest BCUT2D eigenvalue weighted by Crippen LogP contribution is 2.22. The van der Waals surface area contributed by atoms with Crippen LogP contribution in [-0.2, 0) is 16.1 Å². The molecule has 1 saturated heterocycles. The molecule has 9 nitrogen and oxygen atoms in total. The quantitative estimate of drug-likeness (QED) is 0.319. The molecule has 0 radical (unpaired) electrons. The number of carbonyl (C=O) groups excluding carboxylic acids is 4. The molecule has 5 amide bonds. The van der Waals surface area contributed by atoms with Gasteiger partial charge in [-0.25, -0.2) is 4.79 Å². The summed E-state index contributed by atoms with van der Waals surface area (Å²) in [5.41, 5.74) is 6.37. The molecule has 0 aliphatic carbocycles. The van der Waals surface area contributed by atoms with E-state index in [1.54, 1.807) is 42.5 Å². The van der Waals surface area contributed by atoms with Gasteiger partial charge in [-0.2, -0.15) is 0 Å². The molecule has 0 unspecified atom stereocenters. The number of nitrogens with one attached hydrogen (secondary N) is 3. The topological polar surface area (TPSA) is 117 Å². The van der Waals surface area contributed by atoms with Gasteiger partial charge in [-0.05, 0) is 48.7 Å². The number of ether oxygens (including phenoxy) is 1. The van der Waals surface area contributed by atoms with Crippen molar-refractivity contribution >= 4 is 35.4 Å². The van der Waals surface area contributed by atoms with Crippen molar-refractivity contribution in [2.45, 2.75) is 26.3 Å². The molecule has 0 atom stereocenters. The number of rotatable bonds is 8. The zero-order valence-electron chi connectivity index (χ0n) is 17.4. The number of amides is 5. The number of hydrogen-bond acceptors (Lipinski definition) is 5. The number of hydrogen-bond donors (Lipinski definition) is 3. The van der Waals surface area contributed by atoms with E-state index in [-0.39, 0.29) is 36.9 Å². The fourth-order valence-electron chi connectivity index (χ4n) is 3.11. The third kappa shape index (κ3) is 5.98. The predicted molar refractivity (Wildman–Crippen MR) is 117 cm³/mol. The van der Waals surface area contributed by atoms with Gasteiger partial charge in [0.05, 0.1) is 19.7 Å². The van der Waals surface area contributed by atoms with Crippen LogP contribution < -0.4 is 20.9 Å². The van der Waals surface area contributed by atoms with Gasteiger partial charge in [-0.1, -0.05) is 29.8 Å². The zero-order chi connectivity index (χ0) is 23.1. The average molecular weight is 459 g/mol. The molecular formula is C22H23ClN4O5. The summed E-state index contributed by atoms with van der Waals surface area (Å²) < 4.78 is 5.64. The Hall–Kier alpha value is -3.59. The Morgan fingerprint density at radius 3 is 2.66 bits per heavy atom. The number of hydrazine groups is 1. The summed E-state index contributed by atoms with van der Waals surface area (Å²) in [6.07, 6.45) is 0.601. The Balaban J connectivity index is 1.45. The van der Waals surface area contributed by atoms with E-state index >= 15 is 0 Å². The maximum absolute atomic E-state index is 12.5. The minimum atomic E-state index is -0.547. The fourth-order valence-corrected chi connectivity index (χ4v) is 3.34. The lowest BCUT2D eigenvalue weighted by atomic mass is 10.1. The zero-order valence-corrected chi connectivity index (χ0v) is 18.2. The van der Waals surface area contributed by atoms with Crippen LogP contribution in [-0.4, -0.2) is 41.8 Å². The first-order valence-electron chi connectivity index (χ1n) is 9.99. The van der Waals surface area contributed by atoms with Crippen molar-refractivity contribution in [2.24, 2.45) is 0 Å². The van der Waals surface area contributed by atoms with E-state index in [9.17, 15) is 19.2 Å². The fraction of sp³-hybridized carbons (Fsp3) is 0.273. The molecule has 1 fully saturated rings. The highest BCUT2D eigenvalue weighted by Gasteiger charge is 2.29. The summed E-state index contributed by atoms with van der Waals surface area (Å²) in [4.78, 5) is 49.2. The molecule has 0 spiro atoms. The van der Waals surface area contributed by atoms with Gasteiger partial charge in [0.25, 0.3) is 5.91 Å². The van der Waals surface area contributed by atoms with Crippen molar-refractivity contribution in [3.8, 4) is 5.75 Å². The summed E-state index contributed by atoms with van der Waals surface area (Å²) in [5, 5.41) is 3.06. The smallest absolute Gasteiger partial charge is 0.324 e. The van der Waals surface area contributed by atoms with Crippen molar-refractivity contribution < 1.29 is 23.9 Å². The number of halogens is 1. The Bertz CT molecular complexity index is 1030. The van der Waals surface area contributed by atoms with E-state index in [2.05, 4.69) is 16.2 Å². The summed E-state index contributed by atoms with van der Waals surface area (Å²) in [6.45, 7) is 2.11. The van der Waals surface area contributed by atoms with Gasteiger partial charge in [0.1, 0.15) is 5.75 Å². The maximum atomic E-state index is 12.5. The van der Waals surface area contributed by atoms with Crippen LogP contribution in [0, 0.1) is 6.92 Å². The molecule has 0 bridgehead atoms. The number of benzene rings is 2. The van der Waals surface area contributed by atoms with Gasteiger partial charge < -0.3 is 10.1 Å². The van der Waals surface area contributed by atoms with Crippen LogP contribution in [0.3, 0.4) is 0 Å². The Kier molecular flexibility index (Phi) is 7.67. The van der Waals surface area contributed by atoms with Crippen molar-refractivity contribution in [1.82, 2.24) is 21.1 Å². The molecule has 168 valence electrons. The Labute approximate surface area is 190 Å². The van der Waals surface area contributed by atoms with Crippen LogP contribution in [0.5, 0.6) is 5.75 Å².